The maximum absolute atomic E-state index is 13.6. The van der Waals surface area contributed by atoms with Gasteiger partial charge in [-0.05, 0) is 31.9 Å². The lowest BCUT2D eigenvalue weighted by molar-refractivity contribution is 0.0979. The molecule has 0 aliphatic heterocycles. The second kappa shape index (κ2) is 5.72. The lowest BCUT2D eigenvalue weighted by Gasteiger charge is -2.08. The summed E-state index contributed by atoms with van der Waals surface area (Å²) >= 11 is 0. The Morgan fingerprint density at radius 2 is 2.17 bits per heavy atom. The maximum atomic E-state index is 13.6. The number of amides is 1. The number of halogens is 1. The fraction of sp³-hybridized carbons (Fsp3) is 0.267. The third-order valence-corrected chi connectivity index (χ3v) is 5.04. The van der Waals surface area contributed by atoms with Gasteiger partial charge in [-0.2, -0.15) is 5.26 Å². The van der Waals surface area contributed by atoms with Gasteiger partial charge in [-0.1, -0.05) is 11.2 Å². The van der Waals surface area contributed by atoms with Gasteiger partial charge in [0.05, 0.1) is 5.69 Å². The number of benzene rings is 1. The Labute approximate surface area is 137 Å². The Kier molecular flexibility index (Phi) is 3.85. The van der Waals surface area contributed by atoms with Gasteiger partial charge >= 0.3 is 0 Å². The number of sulfonamides is 1. The standard InChI is InChI=1S/C15H12FN3O4S/c1-8-13(14(23-18-8)9-5-6-9)15(20)19-24(21,22)12-4-2-3-11(16)10(12)7-17/h2-4,9H,5-6H2,1H3,(H,19,20). The van der Waals surface area contributed by atoms with Gasteiger partial charge in [-0.25, -0.2) is 17.5 Å². The third kappa shape index (κ3) is 2.76. The molecule has 7 nitrogen and oxygen atoms in total. The molecule has 1 aromatic heterocycles. The first-order valence-corrected chi connectivity index (χ1v) is 8.55. The first-order chi connectivity index (χ1) is 11.3. The van der Waals surface area contributed by atoms with E-state index in [1.165, 1.54) is 13.0 Å². The number of hydrogen-bond donors (Lipinski definition) is 1. The van der Waals surface area contributed by atoms with Crippen molar-refractivity contribution >= 4 is 15.9 Å². The van der Waals surface area contributed by atoms with Crippen molar-refractivity contribution in [1.29, 1.82) is 5.26 Å². The topological polar surface area (TPSA) is 113 Å². The van der Waals surface area contributed by atoms with E-state index in [9.17, 15) is 17.6 Å². The number of nitrogens with zero attached hydrogens (tertiary/aromatic N) is 2. The predicted molar refractivity (Wildman–Crippen MR) is 79.0 cm³/mol. The van der Waals surface area contributed by atoms with Gasteiger partial charge in [0.1, 0.15) is 27.9 Å². The molecule has 24 heavy (non-hydrogen) atoms. The monoisotopic (exact) mass is 349 g/mol. The summed E-state index contributed by atoms with van der Waals surface area (Å²) in [5.41, 5.74) is -0.317. The number of nitriles is 1. The van der Waals surface area contributed by atoms with Gasteiger partial charge in [-0.15, -0.1) is 0 Å². The Morgan fingerprint density at radius 1 is 1.46 bits per heavy atom. The molecule has 1 fully saturated rings. The van der Waals surface area contributed by atoms with Crippen LogP contribution in [0.15, 0.2) is 27.6 Å². The molecule has 0 unspecified atom stereocenters. The highest BCUT2D eigenvalue weighted by molar-refractivity contribution is 7.90. The minimum Gasteiger partial charge on any atom is -0.360 e. The van der Waals surface area contributed by atoms with E-state index in [1.54, 1.807) is 0 Å². The van der Waals surface area contributed by atoms with Gasteiger partial charge in [0, 0.05) is 5.92 Å². The SMILES string of the molecule is Cc1noc(C2CC2)c1C(=O)NS(=O)(=O)c1cccc(F)c1C#N. The molecule has 0 spiro atoms. The molecule has 0 bridgehead atoms. The Hall–Kier alpha value is -2.73. The number of rotatable bonds is 4. The second-order valence-electron chi connectivity index (χ2n) is 5.44. The van der Waals surface area contributed by atoms with E-state index in [2.05, 4.69) is 5.16 Å². The van der Waals surface area contributed by atoms with Crippen molar-refractivity contribution in [3.8, 4) is 6.07 Å². The van der Waals surface area contributed by atoms with Crippen LogP contribution in [-0.4, -0.2) is 19.5 Å². The predicted octanol–water partition coefficient (Wildman–Crippen LogP) is 1.99. The summed E-state index contributed by atoms with van der Waals surface area (Å²) < 4.78 is 45.3. The van der Waals surface area contributed by atoms with E-state index < -0.39 is 32.2 Å². The summed E-state index contributed by atoms with van der Waals surface area (Å²) in [5, 5.41) is 12.7. The summed E-state index contributed by atoms with van der Waals surface area (Å²) in [6.45, 7) is 1.53. The van der Waals surface area contributed by atoms with E-state index in [0.29, 0.717) is 5.76 Å². The van der Waals surface area contributed by atoms with Crippen molar-refractivity contribution < 1.29 is 22.1 Å². The van der Waals surface area contributed by atoms with Crippen LogP contribution >= 0.6 is 0 Å². The van der Waals surface area contributed by atoms with Crippen LogP contribution in [0.2, 0.25) is 0 Å². The Bertz CT molecular complexity index is 971. The molecule has 1 saturated carbocycles. The number of aromatic nitrogens is 1. The molecule has 1 aliphatic rings. The molecule has 124 valence electrons. The molecular weight excluding hydrogens is 337 g/mol. The highest BCUT2D eigenvalue weighted by Crippen LogP contribution is 2.42. The van der Waals surface area contributed by atoms with Crippen molar-refractivity contribution in [2.75, 3.05) is 0 Å². The molecule has 9 heteroatoms. The minimum absolute atomic E-state index is 0.0542. The molecule has 0 atom stereocenters. The van der Waals surface area contributed by atoms with Crippen molar-refractivity contribution in [1.82, 2.24) is 9.88 Å². The lowest BCUT2D eigenvalue weighted by atomic mass is 10.1. The van der Waals surface area contributed by atoms with Crippen molar-refractivity contribution in [2.45, 2.75) is 30.6 Å². The lowest BCUT2D eigenvalue weighted by Crippen LogP contribution is -2.32. The quantitative estimate of drug-likeness (QED) is 0.903. The van der Waals surface area contributed by atoms with Crippen molar-refractivity contribution in [3.05, 3.63) is 46.6 Å². The molecule has 3 rings (SSSR count). The highest BCUT2D eigenvalue weighted by atomic mass is 32.2. The summed E-state index contributed by atoms with van der Waals surface area (Å²) in [6, 6.07) is 4.66. The van der Waals surface area contributed by atoms with Gasteiger partial charge < -0.3 is 4.52 Å². The van der Waals surface area contributed by atoms with Crippen LogP contribution < -0.4 is 4.72 Å². The minimum atomic E-state index is -4.42. The van der Waals surface area contributed by atoms with Crippen LogP contribution in [0.25, 0.3) is 0 Å². The molecule has 1 heterocycles. The maximum Gasteiger partial charge on any atom is 0.270 e. The largest absolute Gasteiger partial charge is 0.360 e. The first-order valence-electron chi connectivity index (χ1n) is 7.07. The first kappa shape index (κ1) is 16.1. The molecule has 2 aromatic rings. The van der Waals surface area contributed by atoms with Crippen molar-refractivity contribution in [2.24, 2.45) is 0 Å². The van der Waals surface area contributed by atoms with E-state index in [4.69, 9.17) is 9.78 Å². The molecule has 0 radical (unpaired) electrons. The molecule has 0 saturated heterocycles. The van der Waals surface area contributed by atoms with Crippen molar-refractivity contribution in [3.63, 3.8) is 0 Å². The zero-order valence-corrected chi connectivity index (χ0v) is 13.4. The fourth-order valence-electron chi connectivity index (χ4n) is 2.35. The molecule has 1 N–H and O–H groups in total. The van der Waals surface area contributed by atoms with E-state index in [0.717, 1.165) is 31.0 Å². The van der Waals surface area contributed by atoms with Gasteiger partial charge in [-0.3, -0.25) is 4.79 Å². The smallest absolute Gasteiger partial charge is 0.270 e. The average Bonchev–Trinajstić information content (AvgIpc) is 3.29. The number of carbonyl (C=O) groups is 1. The Morgan fingerprint density at radius 3 is 2.79 bits per heavy atom. The fourth-order valence-corrected chi connectivity index (χ4v) is 3.48. The van der Waals surface area contributed by atoms with E-state index >= 15 is 0 Å². The molecule has 1 aromatic carbocycles. The van der Waals surface area contributed by atoms with Crippen LogP contribution in [0.1, 0.15) is 46.1 Å². The normalized spacial score (nSPS) is 14.2. The van der Waals surface area contributed by atoms with Crippen LogP contribution in [0.4, 0.5) is 4.39 Å². The molecule has 1 aliphatic carbocycles. The second-order valence-corrected chi connectivity index (χ2v) is 7.09. The van der Waals surface area contributed by atoms with Gasteiger partial charge in [0.15, 0.2) is 5.76 Å². The number of carbonyl (C=O) groups excluding carboxylic acids is 1. The highest BCUT2D eigenvalue weighted by Gasteiger charge is 2.35. The summed E-state index contributed by atoms with van der Waals surface area (Å²) in [7, 11) is -4.42. The number of aryl methyl sites for hydroxylation is 1. The van der Waals surface area contributed by atoms with Gasteiger partial charge in [0.25, 0.3) is 15.9 Å². The van der Waals surface area contributed by atoms with Crippen LogP contribution in [-0.2, 0) is 10.0 Å². The van der Waals surface area contributed by atoms with Gasteiger partial charge in [0.2, 0.25) is 0 Å². The van der Waals surface area contributed by atoms with Crippen LogP contribution in [0, 0.1) is 24.1 Å². The number of hydrogen-bond acceptors (Lipinski definition) is 6. The van der Waals surface area contributed by atoms with E-state index in [1.807, 2.05) is 4.72 Å². The average molecular weight is 349 g/mol. The van der Waals surface area contributed by atoms with E-state index in [-0.39, 0.29) is 17.2 Å². The third-order valence-electron chi connectivity index (χ3n) is 3.67. The Balaban J connectivity index is 1.96. The summed E-state index contributed by atoms with van der Waals surface area (Å²) in [4.78, 5) is 11.8. The molecule has 1 amide bonds. The zero-order chi connectivity index (χ0) is 17.5. The zero-order valence-electron chi connectivity index (χ0n) is 12.5. The molecular formula is C15H12FN3O4S. The number of nitrogens with one attached hydrogen (secondary N) is 1. The van der Waals surface area contributed by atoms with Crippen LogP contribution in [0.5, 0.6) is 0 Å². The summed E-state index contributed by atoms with van der Waals surface area (Å²) in [6.07, 6.45) is 1.67. The summed E-state index contributed by atoms with van der Waals surface area (Å²) in [5.74, 6) is -1.49. The van der Waals surface area contributed by atoms with Crippen LogP contribution in [0.3, 0.4) is 0 Å².